The van der Waals surface area contributed by atoms with Gasteiger partial charge in [-0.15, -0.1) is 11.8 Å². The van der Waals surface area contributed by atoms with Gasteiger partial charge in [0.1, 0.15) is 5.75 Å². The monoisotopic (exact) mass is 440 g/mol. The van der Waals surface area contributed by atoms with Crippen LogP contribution in [0.4, 0.5) is 0 Å². The summed E-state index contributed by atoms with van der Waals surface area (Å²) in [6.07, 6.45) is 3.40. The van der Waals surface area contributed by atoms with Crippen LogP contribution in [0.1, 0.15) is 19.8 Å². The van der Waals surface area contributed by atoms with Gasteiger partial charge in [0.15, 0.2) is 15.4 Å². The Kier molecular flexibility index (Phi) is 8.45. The molecule has 2 rings (SSSR count). The molecule has 0 bridgehead atoms. The lowest BCUT2D eigenvalue weighted by atomic mass is 10.1. The summed E-state index contributed by atoms with van der Waals surface area (Å²) < 4.78 is 31.0. The van der Waals surface area contributed by atoms with Crippen molar-refractivity contribution < 1.29 is 28.3 Å². The number of hydrogen-bond donors (Lipinski definition) is 3. The van der Waals surface area contributed by atoms with Crippen LogP contribution in [-0.2, 0) is 14.6 Å². The standard InChI is InChI=1S/C19H24N2O6S2/c1-2-3-12-27-15-7-9-16(10-8-15)29(25,26)14-19(23,18(22)21-24)13-28-17-6-4-5-11-20-17/h4-11,23-24H,2-3,12-14H2,1H3,(H,21,22). The number of unbranched alkanes of at least 4 members (excludes halogenated alkanes) is 1. The second-order valence-electron chi connectivity index (χ2n) is 6.36. The topological polar surface area (TPSA) is 126 Å². The third-order valence-electron chi connectivity index (χ3n) is 4.00. The summed E-state index contributed by atoms with van der Waals surface area (Å²) in [5.41, 5.74) is -1.01. The van der Waals surface area contributed by atoms with Crippen molar-refractivity contribution in [1.29, 1.82) is 0 Å². The lowest BCUT2D eigenvalue weighted by Gasteiger charge is -2.25. The molecule has 0 saturated carbocycles. The van der Waals surface area contributed by atoms with Crippen LogP contribution >= 0.6 is 11.8 Å². The van der Waals surface area contributed by atoms with Crippen LogP contribution in [0.25, 0.3) is 0 Å². The number of nitrogens with one attached hydrogen (secondary N) is 1. The Morgan fingerprint density at radius 2 is 1.97 bits per heavy atom. The molecule has 158 valence electrons. The predicted octanol–water partition coefficient (Wildman–Crippen LogP) is 2.06. The molecule has 2 aromatic rings. The first-order chi connectivity index (χ1) is 13.8. The molecule has 0 radical (unpaired) electrons. The highest BCUT2D eigenvalue weighted by molar-refractivity contribution is 7.99. The van der Waals surface area contributed by atoms with Crippen molar-refractivity contribution in [3.63, 3.8) is 0 Å². The van der Waals surface area contributed by atoms with Crippen molar-refractivity contribution in [2.75, 3.05) is 18.1 Å². The van der Waals surface area contributed by atoms with Gasteiger partial charge in [-0.2, -0.15) is 0 Å². The van der Waals surface area contributed by atoms with Crippen molar-refractivity contribution in [2.45, 2.75) is 35.3 Å². The molecular weight excluding hydrogens is 416 g/mol. The molecule has 1 unspecified atom stereocenters. The molecule has 0 saturated heterocycles. The number of thioether (sulfide) groups is 1. The normalized spacial score (nSPS) is 13.5. The molecule has 1 aromatic carbocycles. The number of hydrogen-bond acceptors (Lipinski definition) is 8. The number of carbonyl (C=O) groups is 1. The van der Waals surface area contributed by atoms with E-state index in [9.17, 15) is 18.3 Å². The minimum absolute atomic E-state index is 0.0626. The van der Waals surface area contributed by atoms with Gasteiger partial charge < -0.3 is 9.84 Å². The lowest BCUT2D eigenvalue weighted by Crippen LogP contribution is -2.52. The summed E-state index contributed by atoms with van der Waals surface area (Å²) in [7, 11) is -4.03. The van der Waals surface area contributed by atoms with Crippen molar-refractivity contribution in [3.8, 4) is 5.75 Å². The molecule has 10 heteroatoms. The zero-order valence-electron chi connectivity index (χ0n) is 15.9. The molecule has 0 aliphatic carbocycles. The van der Waals surface area contributed by atoms with Crippen LogP contribution in [0.5, 0.6) is 5.75 Å². The summed E-state index contributed by atoms with van der Waals surface area (Å²) in [5, 5.41) is 20.2. The Morgan fingerprint density at radius 3 is 2.55 bits per heavy atom. The molecular formula is C19H24N2O6S2. The average molecular weight is 441 g/mol. The van der Waals surface area contributed by atoms with Gasteiger partial charge in [-0.05, 0) is 42.8 Å². The zero-order chi connectivity index (χ0) is 21.3. The maximum absolute atomic E-state index is 12.8. The van der Waals surface area contributed by atoms with Crippen LogP contribution in [0.3, 0.4) is 0 Å². The second kappa shape index (κ2) is 10.6. The van der Waals surface area contributed by atoms with E-state index in [-0.39, 0.29) is 10.6 Å². The third-order valence-corrected chi connectivity index (χ3v) is 7.01. The number of hydroxylamine groups is 1. The fraction of sp³-hybridized carbons (Fsp3) is 0.368. The van der Waals surface area contributed by atoms with Gasteiger partial charge in [0.25, 0.3) is 5.91 Å². The number of carbonyl (C=O) groups excluding carboxylic acids is 1. The minimum atomic E-state index is -4.03. The highest BCUT2D eigenvalue weighted by Gasteiger charge is 2.41. The van der Waals surface area contributed by atoms with E-state index in [1.807, 2.05) is 6.92 Å². The zero-order valence-corrected chi connectivity index (χ0v) is 17.6. The first-order valence-electron chi connectivity index (χ1n) is 8.97. The van der Waals surface area contributed by atoms with Gasteiger partial charge in [0.05, 0.1) is 22.3 Å². The summed E-state index contributed by atoms with van der Waals surface area (Å²) in [6, 6.07) is 10.9. The Morgan fingerprint density at radius 1 is 1.24 bits per heavy atom. The van der Waals surface area contributed by atoms with Gasteiger partial charge in [-0.25, -0.2) is 18.9 Å². The Balaban J connectivity index is 2.14. The Hall–Kier alpha value is -2.14. The number of rotatable bonds is 11. The predicted molar refractivity (Wildman–Crippen MR) is 109 cm³/mol. The van der Waals surface area contributed by atoms with E-state index < -0.39 is 27.1 Å². The molecule has 0 aliphatic heterocycles. The summed E-state index contributed by atoms with van der Waals surface area (Å²) in [6.45, 7) is 2.57. The number of aliphatic hydroxyl groups is 1. The number of benzene rings is 1. The van der Waals surface area contributed by atoms with Crippen molar-refractivity contribution in [1.82, 2.24) is 10.5 Å². The van der Waals surface area contributed by atoms with E-state index in [1.54, 1.807) is 18.2 Å². The maximum Gasteiger partial charge on any atom is 0.277 e. The van der Waals surface area contributed by atoms with E-state index in [0.29, 0.717) is 17.4 Å². The van der Waals surface area contributed by atoms with Gasteiger partial charge in [-0.3, -0.25) is 10.0 Å². The second-order valence-corrected chi connectivity index (χ2v) is 9.35. The number of ether oxygens (including phenoxy) is 1. The average Bonchev–Trinajstić information content (AvgIpc) is 2.72. The molecule has 1 aromatic heterocycles. The summed E-state index contributed by atoms with van der Waals surface area (Å²) in [5.74, 6) is -1.88. The summed E-state index contributed by atoms with van der Waals surface area (Å²) >= 11 is 1.00. The molecule has 1 heterocycles. The van der Waals surface area contributed by atoms with Crippen molar-refractivity contribution >= 4 is 27.5 Å². The largest absolute Gasteiger partial charge is 0.494 e. The highest BCUT2D eigenvalue weighted by Crippen LogP contribution is 2.26. The molecule has 0 fully saturated rings. The highest BCUT2D eigenvalue weighted by atomic mass is 32.2. The molecule has 29 heavy (non-hydrogen) atoms. The van der Waals surface area contributed by atoms with Gasteiger partial charge in [0.2, 0.25) is 0 Å². The Labute approximate surface area is 174 Å². The third kappa shape index (κ3) is 6.70. The number of pyridine rings is 1. The van der Waals surface area contributed by atoms with Gasteiger partial charge in [0, 0.05) is 11.9 Å². The molecule has 1 amide bonds. The fourth-order valence-electron chi connectivity index (χ4n) is 2.38. The molecule has 3 N–H and O–H groups in total. The van der Waals surface area contributed by atoms with Crippen LogP contribution in [0.2, 0.25) is 0 Å². The van der Waals surface area contributed by atoms with Crippen LogP contribution < -0.4 is 10.2 Å². The molecule has 0 spiro atoms. The van der Waals surface area contributed by atoms with Crippen LogP contribution in [-0.4, -0.2) is 53.3 Å². The van der Waals surface area contributed by atoms with E-state index >= 15 is 0 Å². The van der Waals surface area contributed by atoms with E-state index in [0.717, 1.165) is 24.6 Å². The van der Waals surface area contributed by atoms with Crippen LogP contribution in [0, 0.1) is 0 Å². The van der Waals surface area contributed by atoms with Gasteiger partial charge >= 0.3 is 0 Å². The Bertz CT molecular complexity index is 891. The van der Waals surface area contributed by atoms with Crippen LogP contribution in [0.15, 0.2) is 58.6 Å². The molecule has 0 aliphatic rings. The maximum atomic E-state index is 12.8. The van der Waals surface area contributed by atoms with Crippen molar-refractivity contribution in [2.24, 2.45) is 0 Å². The lowest BCUT2D eigenvalue weighted by molar-refractivity contribution is -0.144. The fourth-order valence-corrected chi connectivity index (χ4v) is 5.02. The summed E-state index contributed by atoms with van der Waals surface area (Å²) in [4.78, 5) is 16.0. The SMILES string of the molecule is CCCCOc1ccc(S(=O)(=O)CC(O)(CSc2ccccn2)C(=O)NO)cc1. The molecule has 1 atom stereocenters. The van der Waals surface area contributed by atoms with Gasteiger partial charge in [-0.1, -0.05) is 19.4 Å². The number of nitrogens with zero attached hydrogens (tertiary/aromatic N) is 1. The number of sulfone groups is 1. The quantitative estimate of drug-likeness (QED) is 0.210. The molecule has 8 nitrogen and oxygen atoms in total. The first kappa shape index (κ1) is 23.1. The van der Waals surface area contributed by atoms with E-state index in [2.05, 4.69) is 4.98 Å². The van der Waals surface area contributed by atoms with E-state index in [4.69, 9.17) is 9.94 Å². The smallest absolute Gasteiger partial charge is 0.277 e. The van der Waals surface area contributed by atoms with Crippen molar-refractivity contribution in [3.05, 3.63) is 48.7 Å². The van der Waals surface area contributed by atoms with E-state index in [1.165, 1.54) is 35.9 Å². The number of amides is 1. The minimum Gasteiger partial charge on any atom is -0.494 e. The number of aromatic nitrogens is 1. The first-order valence-corrected chi connectivity index (χ1v) is 11.6.